The number of rotatable bonds is 5. The van der Waals surface area contributed by atoms with Gasteiger partial charge in [0.15, 0.2) is 0 Å². The van der Waals surface area contributed by atoms with Gasteiger partial charge in [-0.05, 0) is 30.7 Å². The fourth-order valence-corrected chi connectivity index (χ4v) is 2.24. The highest BCUT2D eigenvalue weighted by atomic mass is 79.9. The second kappa shape index (κ2) is 7.73. The lowest BCUT2D eigenvalue weighted by atomic mass is 10.1. The van der Waals surface area contributed by atoms with Crippen LogP contribution in [0.5, 0.6) is 0 Å². The van der Waals surface area contributed by atoms with Crippen LogP contribution >= 0.6 is 27.5 Å². The molecule has 1 unspecified atom stereocenters. The molecule has 0 heterocycles. The average Bonchev–Trinajstić information content (AvgIpc) is 2.33. The zero-order valence-electron chi connectivity index (χ0n) is 9.76. The maximum Gasteiger partial charge on any atom is 0.0456 e. The molecule has 0 saturated heterocycles. The first-order valence-electron chi connectivity index (χ1n) is 5.47. The molecule has 2 nitrogen and oxygen atoms in total. The lowest BCUT2D eigenvalue weighted by Gasteiger charge is -2.18. The molecule has 0 aromatic heterocycles. The second-order valence-electron chi connectivity index (χ2n) is 3.59. The standard InChI is InChI=1S/C13H16BrClN2/c1-2-3-4-7-17-13(9-16)11-8-10(15)5-6-12(11)14/h5-6,8,13,17H,4,7,9,16H2,1H3. The number of hydrogen-bond donors (Lipinski definition) is 2. The summed E-state index contributed by atoms with van der Waals surface area (Å²) < 4.78 is 1.02. The van der Waals surface area contributed by atoms with E-state index in [1.54, 1.807) is 0 Å². The number of halogens is 2. The van der Waals surface area contributed by atoms with Crippen molar-refractivity contribution in [2.24, 2.45) is 5.73 Å². The van der Waals surface area contributed by atoms with E-state index in [1.807, 2.05) is 25.1 Å². The molecule has 0 fully saturated rings. The van der Waals surface area contributed by atoms with Gasteiger partial charge in [-0.3, -0.25) is 0 Å². The summed E-state index contributed by atoms with van der Waals surface area (Å²) in [5, 5.41) is 4.09. The SMILES string of the molecule is CC#CCCNC(CN)c1cc(Cl)ccc1Br. The Kier molecular flexibility index (Phi) is 6.61. The predicted octanol–water partition coefficient (Wildman–Crippen LogP) is 3.11. The maximum absolute atomic E-state index is 5.99. The summed E-state index contributed by atoms with van der Waals surface area (Å²) >= 11 is 9.50. The number of nitrogens with one attached hydrogen (secondary N) is 1. The second-order valence-corrected chi connectivity index (χ2v) is 4.88. The molecule has 0 aliphatic rings. The van der Waals surface area contributed by atoms with Gasteiger partial charge in [-0.2, -0.15) is 0 Å². The van der Waals surface area contributed by atoms with Crippen LogP contribution in [-0.2, 0) is 0 Å². The molecule has 0 aliphatic carbocycles. The van der Waals surface area contributed by atoms with E-state index < -0.39 is 0 Å². The smallest absolute Gasteiger partial charge is 0.0456 e. The highest BCUT2D eigenvalue weighted by molar-refractivity contribution is 9.10. The fraction of sp³-hybridized carbons (Fsp3) is 0.385. The van der Waals surface area contributed by atoms with Crippen LogP contribution in [0.3, 0.4) is 0 Å². The number of benzene rings is 1. The van der Waals surface area contributed by atoms with Crippen molar-refractivity contribution in [3.8, 4) is 11.8 Å². The van der Waals surface area contributed by atoms with Crippen molar-refractivity contribution in [1.82, 2.24) is 5.32 Å². The van der Waals surface area contributed by atoms with Gasteiger partial charge in [-0.1, -0.05) is 27.5 Å². The van der Waals surface area contributed by atoms with Gasteiger partial charge < -0.3 is 11.1 Å². The molecule has 17 heavy (non-hydrogen) atoms. The van der Waals surface area contributed by atoms with Gasteiger partial charge in [0, 0.05) is 35.0 Å². The molecule has 1 aromatic carbocycles. The van der Waals surface area contributed by atoms with Crippen LogP contribution in [-0.4, -0.2) is 13.1 Å². The molecule has 1 atom stereocenters. The Morgan fingerprint density at radius 3 is 2.94 bits per heavy atom. The van der Waals surface area contributed by atoms with Crippen LogP contribution in [0, 0.1) is 11.8 Å². The first-order valence-corrected chi connectivity index (χ1v) is 6.64. The highest BCUT2D eigenvalue weighted by Gasteiger charge is 2.12. The summed E-state index contributed by atoms with van der Waals surface area (Å²) in [7, 11) is 0. The third-order valence-electron chi connectivity index (χ3n) is 2.39. The van der Waals surface area contributed by atoms with Crippen molar-refractivity contribution < 1.29 is 0 Å². The molecule has 92 valence electrons. The van der Waals surface area contributed by atoms with Crippen molar-refractivity contribution in [2.45, 2.75) is 19.4 Å². The number of hydrogen-bond acceptors (Lipinski definition) is 2. The maximum atomic E-state index is 5.99. The van der Waals surface area contributed by atoms with Gasteiger partial charge in [0.2, 0.25) is 0 Å². The Bertz CT molecular complexity index is 423. The Morgan fingerprint density at radius 1 is 1.53 bits per heavy atom. The van der Waals surface area contributed by atoms with Crippen molar-refractivity contribution in [1.29, 1.82) is 0 Å². The van der Waals surface area contributed by atoms with Crippen molar-refractivity contribution in [3.63, 3.8) is 0 Å². The first-order chi connectivity index (χ1) is 8.19. The van der Waals surface area contributed by atoms with Gasteiger partial charge in [0.05, 0.1) is 0 Å². The van der Waals surface area contributed by atoms with E-state index in [0.29, 0.717) is 6.54 Å². The topological polar surface area (TPSA) is 38.0 Å². The van der Waals surface area contributed by atoms with E-state index in [1.165, 1.54) is 0 Å². The minimum atomic E-state index is 0.0988. The van der Waals surface area contributed by atoms with Gasteiger partial charge in [-0.15, -0.1) is 11.8 Å². The summed E-state index contributed by atoms with van der Waals surface area (Å²) in [6.07, 6.45) is 0.825. The van der Waals surface area contributed by atoms with Gasteiger partial charge in [-0.25, -0.2) is 0 Å². The van der Waals surface area contributed by atoms with E-state index >= 15 is 0 Å². The number of nitrogens with two attached hydrogens (primary N) is 1. The minimum absolute atomic E-state index is 0.0988. The van der Waals surface area contributed by atoms with E-state index in [2.05, 4.69) is 33.1 Å². The van der Waals surface area contributed by atoms with E-state index in [-0.39, 0.29) is 6.04 Å². The third kappa shape index (κ3) is 4.69. The molecule has 0 amide bonds. The molecule has 0 saturated carbocycles. The van der Waals surface area contributed by atoms with Gasteiger partial charge >= 0.3 is 0 Å². The quantitative estimate of drug-likeness (QED) is 0.647. The largest absolute Gasteiger partial charge is 0.329 e. The minimum Gasteiger partial charge on any atom is -0.329 e. The molecular formula is C13H16BrClN2. The summed E-state index contributed by atoms with van der Waals surface area (Å²) in [5.41, 5.74) is 6.86. The molecule has 4 heteroatoms. The lowest BCUT2D eigenvalue weighted by Crippen LogP contribution is -2.29. The van der Waals surface area contributed by atoms with E-state index in [4.69, 9.17) is 17.3 Å². The highest BCUT2D eigenvalue weighted by Crippen LogP contribution is 2.26. The van der Waals surface area contributed by atoms with Crippen LogP contribution in [0.4, 0.5) is 0 Å². The van der Waals surface area contributed by atoms with Crippen molar-refractivity contribution >= 4 is 27.5 Å². The molecule has 0 radical (unpaired) electrons. The van der Waals surface area contributed by atoms with E-state index in [0.717, 1.165) is 28.0 Å². The third-order valence-corrected chi connectivity index (χ3v) is 3.34. The van der Waals surface area contributed by atoms with Crippen LogP contribution in [0.1, 0.15) is 24.9 Å². The molecule has 0 aliphatic heterocycles. The van der Waals surface area contributed by atoms with Crippen molar-refractivity contribution in [2.75, 3.05) is 13.1 Å². The Hall–Kier alpha value is -0.530. The molecule has 3 N–H and O–H groups in total. The van der Waals surface area contributed by atoms with Crippen LogP contribution in [0.2, 0.25) is 5.02 Å². The van der Waals surface area contributed by atoms with Gasteiger partial charge in [0.1, 0.15) is 0 Å². The summed E-state index contributed by atoms with van der Waals surface area (Å²) in [6.45, 7) is 3.19. The zero-order chi connectivity index (χ0) is 12.7. The lowest BCUT2D eigenvalue weighted by molar-refractivity contribution is 0.549. The van der Waals surface area contributed by atoms with Crippen molar-refractivity contribution in [3.05, 3.63) is 33.3 Å². The Morgan fingerprint density at radius 2 is 2.29 bits per heavy atom. The predicted molar refractivity (Wildman–Crippen MR) is 77.0 cm³/mol. The molecular weight excluding hydrogens is 300 g/mol. The monoisotopic (exact) mass is 314 g/mol. The van der Waals surface area contributed by atoms with Crippen LogP contribution < -0.4 is 11.1 Å². The van der Waals surface area contributed by atoms with Crippen LogP contribution in [0.15, 0.2) is 22.7 Å². The summed E-state index contributed by atoms with van der Waals surface area (Å²) in [5.74, 6) is 5.88. The summed E-state index contributed by atoms with van der Waals surface area (Å²) in [4.78, 5) is 0. The summed E-state index contributed by atoms with van der Waals surface area (Å²) in [6, 6.07) is 5.82. The molecule has 0 bridgehead atoms. The zero-order valence-corrected chi connectivity index (χ0v) is 12.1. The van der Waals surface area contributed by atoms with Crippen LogP contribution in [0.25, 0.3) is 0 Å². The Labute approximate surface area is 116 Å². The molecule has 0 spiro atoms. The van der Waals surface area contributed by atoms with Gasteiger partial charge in [0.25, 0.3) is 0 Å². The first kappa shape index (κ1) is 14.5. The molecule has 1 rings (SSSR count). The fourth-order valence-electron chi connectivity index (χ4n) is 1.54. The van der Waals surface area contributed by atoms with E-state index in [9.17, 15) is 0 Å². The Balaban J connectivity index is 2.70. The molecule has 1 aromatic rings. The normalized spacial score (nSPS) is 11.8. The average molecular weight is 316 g/mol.